The summed E-state index contributed by atoms with van der Waals surface area (Å²) in [5.74, 6) is 0.634. The Morgan fingerprint density at radius 3 is 2.72 bits per heavy atom. The number of H-pyrrole nitrogens is 1. The smallest absolute Gasteiger partial charge is 0.137 e. The lowest BCUT2D eigenvalue weighted by atomic mass is 9.81. The molecule has 25 heavy (non-hydrogen) atoms. The van der Waals surface area contributed by atoms with Gasteiger partial charge in [-0.15, -0.1) is 0 Å². The van der Waals surface area contributed by atoms with Gasteiger partial charge in [0.1, 0.15) is 5.65 Å². The van der Waals surface area contributed by atoms with Crippen molar-refractivity contribution in [2.75, 3.05) is 13.6 Å². The minimum absolute atomic E-state index is 0.634. The maximum absolute atomic E-state index is 4.69. The summed E-state index contributed by atoms with van der Waals surface area (Å²) >= 11 is 0. The van der Waals surface area contributed by atoms with Crippen molar-refractivity contribution < 1.29 is 0 Å². The normalized spacial score (nSPS) is 21.3. The van der Waals surface area contributed by atoms with Crippen LogP contribution >= 0.6 is 0 Å². The molecule has 0 aliphatic heterocycles. The molecule has 5 nitrogen and oxygen atoms in total. The number of aromatic amines is 1. The van der Waals surface area contributed by atoms with Gasteiger partial charge in [-0.2, -0.15) is 5.10 Å². The topological polar surface area (TPSA) is 49.7 Å². The van der Waals surface area contributed by atoms with Crippen LogP contribution in [0.3, 0.4) is 0 Å². The van der Waals surface area contributed by atoms with Crippen molar-refractivity contribution in [1.82, 2.24) is 24.6 Å². The minimum atomic E-state index is 0.634. The highest BCUT2D eigenvalue weighted by atomic mass is 15.2. The minimum Gasteiger partial charge on any atom is -0.346 e. The van der Waals surface area contributed by atoms with Crippen LogP contribution in [0.4, 0.5) is 0 Å². The van der Waals surface area contributed by atoms with Crippen LogP contribution in [0, 0.1) is 0 Å². The van der Waals surface area contributed by atoms with Gasteiger partial charge in [0.25, 0.3) is 0 Å². The van der Waals surface area contributed by atoms with Crippen LogP contribution in [-0.4, -0.2) is 44.3 Å². The Labute approximate surface area is 149 Å². The second kappa shape index (κ2) is 6.64. The number of rotatable bonds is 4. The van der Waals surface area contributed by atoms with Crippen LogP contribution in [0.1, 0.15) is 44.1 Å². The van der Waals surface area contributed by atoms with Crippen molar-refractivity contribution in [3.05, 3.63) is 36.4 Å². The molecule has 4 rings (SSSR count). The molecule has 0 spiro atoms. The molecule has 132 valence electrons. The standard InChI is InChI=1S/C20H27N5/c1-4-24(2)17-7-5-14(6-8-17)15-9-18-19(12-22-20(18)21-10-15)16-11-23-25(3)13-16/h9-14,17H,4-8H2,1-3H3,(H,21,22)/t14-,17+. The van der Waals surface area contributed by atoms with E-state index in [4.69, 9.17) is 0 Å². The van der Waals surface area contributed by atoms with E-state index in [0.29, 0.717) is 5.92 Å². The summed E-state index contributed by atoms with van der Waals surface area (Å²) in [7, 11) is 4.20. The molecule has 3 aromatic rings. The van der Waals surface area contributed by atoms with Crippen molar-refractivity contribution >= 4 is 11.0 Å². The van der Waals surface area contributed by atoms with Crippen LogP contribution in [0.15, 0.2) is 30.9 Å². The van der Waals surface area contributed by atoms with Crippen molar-refractivity contribution in [2.45, 2.75) is 44.6 Å². The average Bonchev–Trinajstić information content (AvgIpc) is 3.26. The van der Waals surface area contributed by atoms with Gasteiger partial charge in [0, 0.05) is 48.2 Å². The predicted octanol–water partition coefficient (Wildman–Crippen LogP) is 3.94. The molecule has 0 aromatic carbocycles. The molecule has 1 N–H and O–H groups in total. The molecule has 1 aliphatic carbocycles. The average molecular weight is 337 g/mol. The molecule has 3 aromatic heterocycles. The third-order valence-corrected chi connectivity index (χ3v) is 5.86. The first-order valence-corrected chi connectivity index (χ1v) is 9.32. The van der Waals surface area contributed by atoms with Crippen LogP contribution in [0.25, 0.3) is 22.2 Å². The summed E-state index contributed by atoms with van der Waals surface area (Å²) in [5.41, 5.74) is 4.68. The molecule has 3 heterocycles. The number of fused-ring (bicyclic) bond motifs is 1. The Morgan fingerprint density at radius 1 is 1.24 bits per heavy atom. The Bertz CT molecular complexity index is 854. The van der Waals surface area contributed by atoms with Crippen molar-refractivity contribution in [3.8, 4) is 11.1 Å². The van der Waals surface area contributed by atoms with Gasteiger partial charge in [0.05, 0.1) is 6.20 Å². The van der Waals surface area contributed by atoms with E-state index in [1.165, 1.54) is 42.2 Å². The van der Waals surface area contributed by atoms with E-state index in [2.05, 4.69) is 52.4 Å². The van der Waals surface area contributed by atoms with E-state index in [1.54, 1.807) is 0 Å². The van der Waals surface area contributed by atoms with E-state index < -0.39 is 0 Å². The molecule has 0 amide bonds. The van der Waals surface area contributed by atoms with E-state index in [1.807, 2.05) is 24.1 Å². The van der Waals surface area contributed by atoms with E-state index in [-0.39, 0.29) is 0 Å². The van der Waals surface area contributed by atoms with Gasteiger partial charge in [-0.3, -0.25) is 4.68 Å². The van der Waals surface area contributed by atoms with Gasteiger partial charge in [-0.05, 0) is 56.8 Å². The van der Waals surface area contributed by atoms with Crippen LogP contribution in [0.5, 0.6) is 0 Å². The van der Waals surface area contributed by atoms with Crippen LogP contribution in [0.2, 0.25) is 0 Å². The van der Waals surface area contributed by atoms with Gasteiger partial charge in [0.2, 0.25) is 0 Å². The lowest BCUT2D eigenvalue weighted by Gasteiger charge is -2.34. The molecule has 1 saturated carbocycles. The third-order valence-electron chi connectivity index (χ3n) is 5.86. The SMILES string of the molecule is CCN(C)[C@H]1CC[C@@H](c2cnc3[nH]cc(-c4cnn(C)c4)c3c2)CC1. The van der Waals surface area contributed by atoms with Crippen LogP contribution < -0.4 is 0 Å². The largest absolute Gasteiger partial charge is 0.346 e. The highest BCUT2D eigenvalue weighted by molar-refractivity contribution is 5.93. The summed E-state index contributed by atoms with van der Waals surface area (Å²) in [4.78, 5) is 10.5. The van der Waals surface area contributed by atoms with Crippen molar-refractivity contribution in [3.63, 3.8) is 0 Å². The van der Waals surface area contributed by atoms with Crippen LogP contribution in [-0.2, 0) is 7.05 Å². The van der Waals surface area contributed by atoms with Gasteiger partial charge in [-0.1, -0.05) is 6.92 Å². The second-order valence-electron chi connectivity index (χ2n) is 7.35. The van der Waals surface area contributed by atoms with Gasteiger partial charge < -0.3 is 9.88 Å². The van der Waals surface area contributed by atoms with Crippen molar-refractivity contribution in [1.29, 1.82) is 0 Å². The zero-order valence-corrected chi connectivity index (χ0v) is 15.4. The Balaban J connectivity index is 1.59. The van der Waals surface area contributed by atoms with Gasteiger partial charge in [0.15, 0.2) is 0 Å². The first kappa shape index (κ1) is 16.3. The summed E-state index contributed by atoms with van der Waals surface area (Å²) in [6.45, 7) is 3.39. The molecule has 0 atom stereocenters. The first-order valence-electron chi connectivity index (χ1n) is 9.32. The number of nitrogens with zero attached hydrogens (tertiary/aromatic N) is 4. The van der Waals surface area contributed by atoms with E-state index in [9.17, 15) is 0 Å². The van der Waals surface area contributed by atoms with E-state index in [0.717, 1.165) is 23.8 Å². The highest BCUT2D eigenvalue weighted by Crippen LogP contribution is 2.36. The summed E-state index contributed by atoms with van der Waals surface area (Å²) in [6, 6.07) is 3.09. The van der Waals surface area contributed by atoms with Gasteiger partial charge in [-0.25, -0.2) is 4.98 Å². The highest BCUT2D eigenvalue weighted by Gasteiger charge is 2.25. The molecule has 0 radical (unpaired) electrons. The number of pyridine rings is 1. The molecule has 0 bridgehead atoms. The Hall–Kier alpha value is -2.14. The fourth-order valence-corrected chi connectivity index (χ4v) is 4.15. The second-order valence-corrected chi connectivity index (χ2v) is 7.35. The Morgan fingerprint density at radius 2 is 2.04 bits per heavy atom. The summed E-state index contributed by atoms with van der Waals surface area (Å²) in [5, 5.41) is 5.51. The molecule has 0 unspecified atom stereocenters. The zero-order chi connectivity index (χ0) is 17.4. The molecule has 1 fully saturated rings. The number of aromatic nitrogens is 4. The number of hydrogen-bond acceptors (Lipinski definition) is 3. The maximum atomic E-state index is 4.69. The molecule has 1 aliphatic rings. The number of hydrogen-bond donors (Lipinski definition) is 1. The fourth-order valence-electron chi connectivity index (χ4n) is 4.15. The summed E-state index contributed by atoms with van der Waals surface area (Å²) < 4.78 is 1.84. The lowest BCUT2D eigenvalue weighted by molar-refractivity contribution is 0.190. The third kappa shape index (κ3) is 3.09. The quantitative estimate of drug-likeness (QED) is 0.784. The summed E-state index contributed by atoms with van der Waals surface area (Å²) in [6.07, 6.45) is 13.2. The number of nitrogens with one attached hydrogen (secondary N) is 1. The lowest BCUT2D eigenvalue weighted by Crippen LogP contribution is -2.34. The maximum Gasteiger partial charge on any atom is 0.137 e. The van der Waals surface area contributed by atoms with E-state index >= 15 is 0 Å². The number of aryl methyl sites for hydroxylation is 1. The molecular formula is C20H27N5. The predicted molar refractivity (Wildman–Crippen MR) is 102 cm³/mol. The first-order chi connectivity index (χ1) is 12.2. The molecule has 5 heteroatoms. The zero-order valence-electron chi connectivity index (χ0n) is 15.4. The fraction of sp³-hybridized carbons (Fsp3) is 0.500. The Kier molecular flexibility index (Phi) is 4.34. The monoisotopic (exact) mass is 337 g/mol. The van der Waals surface area contributed by atoms with Crippen molar-refractivity contribution in [2.24, 2.45) is 7.05 Å². The van der Waals surface area contributed by atoms with Gasteiger partial charge >= 0.3 is 0 Å². The molecule has 0 saturated heterocycles. The molecular weight excluding hydrogens is 310 g/mol.